The van der Waals surface area contributed by atoms with Gasteiger partial charge in [-0.1, -0.05) is 59.1 Å². The molecule has 0 aromatic heterocycles. The topological polar surface area (TPSA) is 86.8 Å². The lowest BCUT2D eigenvalue weighted by atomic mass is 10.1. The van der Waals surface area contributed by atoms with E-state index in [1.807, 2.05) is 0 Å². The lowest BCUT2D eigenvalue weighted by Crippen LogP contribution is -2.51. The second kappa shape index (κ2) is 12.8. The number of hydrogen-bond acceptors (Lipinski definition) is 4. The maximum Gasteiger partial charge on any atom is 0.264 e. The molecule has 0 radical (unpaired) electrons. The summed E-state index contributed by atoms with van der Waals surface area (Å²) in [5.74, 6) is -1.93. The molecule has 2 amide bonds. The smallest absolute Gasteiger partial charge is 0.264 e. The SMILES string of the molecule is CCNC(=O)[C@H](C)N(Cc1c(Cl)cccc1Cl)C(=O)CN(c1ccc(F)c(Cl)c1)S(=O)(=O)c1ccccc1. The number of nitrogens with zero attached hydrogens (tertiary/aromatic N) is 2. The van der Waals surface area contributed by atoms with Crippen molar-refractivity contribution in [2.45, 2.75) is 31.3 Å². The molecular formula is C26H25Cl3FN3O4S. The van der Waals surface area contributed by atoms with E-state index >= 15 is 0 Å². The number of sulfonamides is 1. The Morgan fingerprint density at radius 3 is 2.16 bits per heavy atom. The Balaban J connectivity index is 2.08. The predicted molar refractivity (Wildman–Crippen MR) is 148 cm³/mol. The van der Waals surface area contributed by atoms with Crippen LogP contribution >= 0.6 is 34.8 Å². The molecule has 0 saturated carbocycles. The van der Waals surface area contributed by atoms with Crippen LogP contribution in [0.25, 0.3) is 0 Å². The van der Waals surface area contributed by atoms with Gasteiger partial charge in [-0.3, -0.25) is 13.9 Å². The minimum Gasteiger partial charge on any atom is -0.355 e. The van der Waals surface area contributed by atoms with Crippen LogP contribution in [0.1, 0.15) is 19.4 Å². The Bertz CT molecular complexity index is 1400. The third-order valence-electron chi connectivity index (χ3n) is 5.71. The van der Waals surface area contributed by atoms with Gasteiger partial charge in [0.15, 0.2) is 0 Å². The van der Waals surface area contributed by atoms with Gasteiger partial charge in [-0.15, -0.1) is 0 Å². The zero-order chi connectivity index (χ0) is 28.0. The molecule has 3 aromatic rings. The molecule has 38 heavy (non-hydrogen) atoms. The number of rotatable bonds is 10. The van der Waals surface area contributed by atoms with Gasteiger partial charge < -0.3 is 10.2 Å². The fourth-order valence-electron chi connectivity index (χ4n) is 3.65. The van der Waals surface area contributed by atoms with Crippen LogP contribution in [0.15, 0.2) is 71.6 Å². The number of nitrogens with one attached hydrogen (secondary N) is 1. The monoisotopic (exact) mass is 599 g/mol. The highest BCUT2D eigenvalue weighted by Crippen LogP contribution is 2.30. The van der Waals surface area contributed by atoms with Crippen molar-refractivity contribution >= 4 is 62.3 Å². The zero-order valence-corrected chi connectivity index (χ0v) is 23.6. The van der Waals surface area contributed by atoms with Gasteiger partial charge in [0.25, 0.3) is 10.0 Å². The van der Waals surface area contributed by atoms with Gasteiger partial charge in [-0.2, -0.15) is 0 Å². The van der Waals surface area contributed by atoms with Crippen molar-refractivity contribution < 1.29 is 22.4 Å². The first kappa shape index (κ1) is 29.7. The molecule has 3 aromatic carbocycles. The molecule has 0 unspecified atom stereocenters. The third kappa shape index (κ3) is 6.77. The number of carbonyl (C=O) groups is 2. The van der Waals surface area contributed by atoms with E-state index in [2.05, 4.69) is 5.32 Å². The largest absolute Gasteiger partial charge is 0.355 e. The van der Waals surface area contributed by atoms with E-state index in [0.29, 0.717) is 12.1 Å². The van der Waals surface area contributed by atoms with E-state index in [0.717, 1.165) is 16.4 Å². The van der Waals surface area contributed by atoms with Gasteiger partial charge in [0.05, 0.1) is 15.6 Å². The average molecular weight is 601 g/mol. The van der Waals surface area contributed by atoms with Crippen molar-refractivity contribution in [3.63, 3.8) is 0 Å². The van der Waals surface area contributed by atoms with Crippen LogP contribution < -0.4 is 9.62 Å². The molecule has 0 saturated heterocycles. The summed E-state index contributed by atoms with van der Waals surface area (Å²) in [5.41, 5.74) is 0.359. The maximum atomic E-state index is 13.9. The van der Waals surface area contributed by atoms with Crippen LogP contribution in [0.5, 0.6) is 0 Å². The molecule has 0 aliphatic carbocycles. The normalized spacial score (nSPS) is 12.1. The molecule has 0 fully saturated rings. The minimum absolute atomic E-state index is 0.0324. The van der Waals surface area contributed by atoms with E-state index in [1.54, 1.807) is 31.2 Å². The van der Waals surface area contributed by atoms with Crippen LogP contribution in [0.3, 0.4) is 0 Å². The molecule has 12 heteroatoms. The molecule has 3 rings (SSSR count). The summed E-state index contributed by atoms with van der Waals surface area (Å²) in [7, 11) is -4.31. The highest BCUT2D eigenvalue weighted by atomic mass is 35.5. The summed E-state index contributed by atoms with van der Waals surface area (Å²) in [5, 5.41) is 2.89. The first-order chi connectivity index (χ1) is 18.0. The first-order valence-electron chi connectivity index (χ1n) is 11.5. The molecule has 1 N–H and O–H groups in total. The zero-order valence-electron chi connectivity index (χ0n) is 20.5. The third-order valence-corrected chi connectivity index (χ3v) is 8.50. The van der Waals surface area contributed by atoms with E-state index in [1.165, 1.54) is 42.2 Å². The molecule has 0 spiro atoms. The average Bonchev–Trinajstić information content (AvgIpc) is 2.89. The van der Waals surface area contributed by atoms with Crippen molar-refractivity contribution in [3.05, 3.63) is 93.2 Å². The Hall–Kier alpha value is -2.85. The van der Waals surface area contributed by atoms with Crippen LogP contribution in [-0.4, -0.2) is 44.3 Å². The number of carbonyl (C=O) groups excluding carboxylic acids is 2. The van der Waals surface area contributed by atoms with E-state index < -0.39 is 40.2 Å². The quantitative estimate of drug-likeness (QED) is 0.331. The number of likely N-dealkylation sites (N-methyl/N-ethyl adjacent to an activating group) is 1. The van der Waals surface area contributed by atoms with Crippen molar-refractivity contribution in [1.82, 2.24) is 10.2 Å². The second-order valence-electron chi connectivity index (χ2n) is 8.22. The number of hydrogen-bond donors (Lipinski definition) is 1. The molecule has 202 valence electrons. The van der Waals surface area contributed by atoms with E-state index in [4.69, 9.17) is 34.8 Å². The molecule has 7 nitrogen and oxygen atoms in total. The summed E-state index contributed by atoms with van der Waals surface area (Å²) in [6.07, 6.45) is 0. The molecule has 0 aliphatic rings. The Morgan fingerprint density at radius 1 is 0.947 bits per heavy atom. The number of amides is 2. The van der Waals surface area contributed by atoms with Crippen LogP contribution in [0.4, 0.5) is 10.1 Å². The fourth-order valence-corrected chi connectivity index (χ4v) is 5.77. The van der Waals surface area contributed by atoms with Gasteiger partial charge in [-0.25, -0.2) is 12.8 Å². The predicted octanol–water partition coefficient (Wildman–Crippen LogP) is 5.53. The van der Waals surface area contributed by atoms with Crippen molar-refractivity contribution in [3.8, 4) is 0 Å². The van der Waals surface area contributed by atoms with Gasteiger partial charge in [0, 0.05) is 28.7 Å². The summed E-state index contributed by atoms with van der Waals surface area (Å²) >= 11 is 18.6. The highest BCUT2D eigenvalue weighted by Gasteiger charge is 2.33. The van der Waals surface area contributed by atoms with E-state index in [-0.39, 0.29) is 32.2 Å². The van der Waals surface area contributed by atoms with Crippen molar-refractivity contribution in [1.29, 1.82) is 0 Å². The number of anilines is 1. The fraction of sp³-hybridized carbons (Fsp3) is 0.231. The summed E-state index contributed by atoms with van der Waals surface area (Å²) in [6.45, 7) is 2.68. The maximum absolute atomic E-state index is 13.9. The Labute approximate surface area is 236 Å². The van der Waals surface area contributed by atoms with Gasteiger partial charge in [0.1, 0.15) is 18.4 Å². The minimum atomic E-state index is -4.31. The highest BCUT2D eigenvalue weighted by molar-refractivity contribution is 7.92. The second-order valence-corrected chi connectivity index (χ2v) is 11.3. The Kier molecular flexibility index (Phi) is 10.0. The number of benzene rings is 3. The van der Waals surface area contributed by atoms with Crippen LogP contribution in [0.2, 0.25) is 15.1 Å². The molecule has 0 bridgehead atoms. The molecule has 1 atom stereocenters. The molecule has 0 heterocycles. The van der Waals surface area contributed by atoms with Crippen LogP contribution in [0, 0.1) is 5.82 Å². The van der Waals surface area contributed by atoms with E-state index in [9.17, 15) is 22.4 Å². The molecule has 0 aliphatic heterocycles. The lowest BCUT2D eigenvalue weighted by molar-refractivity contribution is -0.139. The Morgan fingerprint density at radius 2 is 1.58 bits per heavy atom. The van der Waals surface area contributed by atoms with Gasteiger partial charge in [0.2, 0.25) is 11.8 Å². The van der Waals surface area contributed by atoms with Gasteiger partial charge >= 0.3 is 0 Å². The molecular weight excluding hydrogens is 576 g/mol. The first-order valence-corrected chi connectivity index (χ1v) is 14.1. The number of halogens is 4. The van der Waals surface area contributed by atoms with Crippen LogP contribution in [-0.2, 0) is 26.2 Å². The standard InChI is InChI=1S/C26H25Cl3FN3O4S/c1-3-31-26(35)17(2)32(15-20-21(27)10-7-11-22(20)28)25(34)16-33(18-12-13-24(30)23(29)14-18)38(36,37)19-8-5-4-6-9-19/h4-14,17H,3,15-16H2,1-2H3,(H,31,35)/t17-/m0/s1. The van der Waals surface area contributed by atoms with Crippen molar-refractivity contribution in [2.75, 3.05) is 17.4 Å². The summed E-state index contributed by atoms with van der Waals surface area (Å²) in [6, 6.07) is 14.6. The summed E-state index contributed by atoms with van der Waals surface area (Å²) < 4.78 is 42.0. The summed E-state index contributed by atoms with van der Waals surface area (Å²) in [4.78, 5) is 27.6. The lowest BCUT2D eigenvalue weighted by Gasteiger charge is -2.32. The van der Waals surface area contributed by atoms with Gasteiger partial charge in [-0.05, 0) is 56.3 Å². The van der Waals surface area contributed by atoms with Crippen molar-refractivity contribution in [2.24, 2.45) is 0 Å².